The summed E-state index contributed by atoms with van der Waals surface area (Å²) in [6.07, 6.45) is 4.84. The highest BCUT2D eigenvalue weighted by atomic mass is 16.2. The Labute approximate surface area is 168 Å². The lowest BCUT2D eigenvalue weighted by atomic mass is 10.0. The van der Waals surface area contributed by atoms with E-state index in [2.05, 4.69) is 6.07 Å². The van der Waals surface area contributed by atoms with E-state index in [0.29, 0.717) is 24.0 Å². The lowest BCUT2D eigenvalue weighted by molar-refractivity contribution is -0.134. The standard InChI is InChI=1S/C23H19N3O3/c24-15-17-10-6-7-13-25(17)23(29)20(14-16-8-2-1-3-9-16)26-21(27)18-11-4-5-12-19(18)22(26)28/h1-5,7-9,11-13,17,20H,6,10,14H2. The maximum Gasteiger partial charge on any atom is 0.262 e. The van der Waals surface area contributed by atoms with Crippen molar-refractivity contribution in [1.82, 2.24) is 9.80 Å². The average molecular weight is 385 g/mol. The van der Waals surface area contributed by atoms with Gasteiger partial charge in [-0.2, -0.15) is 5.26 Å². The van der Waals surface area contributed by atoms with Crippen molar-refractivity contribution in [3.63, 3.8) is 0 Å². The first kappa shape index (κ1) is 18.6. The fourth-order valence-corrected chi connectivity index (χ4v) is 3.83. The zero-order valence-corrected chi connectivity index (χ0v) is 15.7. The maximum atomic E-state index is 13.5. The molecule has 2 aliphatic rings. The Morgan fingerprint density at radius 2 is 1.66 bits per heavy atom. The predicted octanol–water partition coefficient (Wildman–Crippen LogP) is 2.92. The number of amides is 3. The average Bonchev–Trinajstić information content (AvgIpc) is 3.02. The van der Waals surface area contributed by atoms with E-state index in [4.69, 9.17) is 0 Å². The van der Waals surface area contributed by atoms with Gasteiger partial charge in [-0.05, 0) is 30.5 Å². The molecule has 2 heterocycles. The van der Waals surface area contributed by atoms with E-state index in [-0.39, 0.29) is 6.42 Å². The minimum atomic E-state index is -1.02. The van der Waals surface area contributed by atoms with E-state index >= 15 is 0 Å². The lowest BCUT2D eigenvalue weighted by Crippen LogP contribution is -2.53. The Morgan fingerprint density at radius 3 is 2.28 bits per heavy atom. The summed E-state index contributed by atoms with van der Waals surface area (Å²) >= 11 is 0. The third kappa shape index (κ3) is 3.32. The molecule has 144 valence electrons. The first-order valence-corrected chi connectivity index (χ1v) is 9.51. The highest BCUT2D eigenvalue weighted by Crippen LogP contribution is 2.28. The topological polar surface area (TPSA) is 81.5 Å². The molecule has 29 heavy (non-hydrogen) atoms. The van der Waals surface area contributed by atoms with Gasteiger partial charge in [-0.15, -0.1) is 0 Å². The Bertz CT molecular complexity index is 1000. The molecule has 0 fully saturated rings. The number of rotatable bonds is 4. The van der Waals surface area contributed by atoms with Gasteiger partial charge in [-0.25, -0.2) is 0 Å². The molecular formula is C23H19N3O3. The van der Waals surface area contributed by atoms with E-state index in [1.165, 1.54) is 4.90 Å². The molecule has 6 heteroatoms. The zero-order valence-electron chi connectivity index (χ0n) is 15.7. The molecule has 2 unspecified atom stereocenters. The Kier molecular flexibility index (Phi) is 4.96. The van der Waals surface area contributed by atoms with Crippen molar-refractivity contribution in [1.29, 1.82) is 5.26 Å². The van der Waals surface area contributed by atoms with Crippen LogP contribution in [-0.2, 0) is 11.2 Å². The van der Waals surface area contributed by atoms with E-state index in [1.54, 1.807) is 30.5 Å². The molecule has 0 saturated carbocycles. The molecule has 3 amide bonds. The summed E-state index contributed by atoms with van der Waals surface area (Å²) in [5.74, 6) is -1.38. The van der Waals surface area contributed by atoms with Crippen LogP contribution in [0.5, 0.6) is 0 Å². The van der Waals surface area contributed by atoms with Gasteiger partial charge < -0.3 is 4.90 Å². The van der Waals surface area contributed by atoms with E-state index in [1.807, 2.05) is 36.4 Å². The third-order valence-corrected chi connectivity index (χ3v) is 5.31. The van der Waals surface area contributed by atoms with Gasteiger partial charge in [0.05, 0.1) is 17.2 Å². The summed E-state index contributed by atoms with van der Waals surface area (Å²) in [4.78, 5) is 41.9. The predicted molar refractivity (Wildman–Crippen MR) is 105 cm³/mol. The summed E-state index contributed by atoms with van der Waals surface area (Å²) in [6.45, 7) is 0. The van der Waals surface area contributed by atoms with Gasteiger partial charge in [0.15, 0.2) is 0 Å². The smallest absolute Gasteiger partial charge is 0.262 e. The summed E-state index contributed by atoms with van der Waals surface area (Å²) in [5.41, 5.74) is 1.43. The van der Waals surface area contributed by atoms with Crippen LogP contribution in [-0.4, -0.2) is 39.6 Å². The van der Waals surface area contributed by atoms with Crippen LogP contribution in [0.1, 0.15) is 39.1 Å². The Balaban J connectivity index is 1.74. The highest BCUT2D eigenvalue weighted by Gasteiger charge is 2.44. The molecule has 0 bridgehead atoms. The summed E-state index contributed by atoms with van der Waals surface area (Å²) in [6, 6.07) is 16.4. The molecule has 0 aromatic heterocycles. The first-order valence-electron chi connectivity index (χ1n) is 9.51. The fourth-order valence-electron chi connectivity index (χ4n) is 3.83. The number of carbonyl (C=O) groups excluding carboxylic acids is 3. The van der Waals surface area contributed by atoms with E-state index in [9.17, 15) is 19.6 Å². The normalized spacial score (nSPS) is 19.1. The van der Waals surface area contributed by atoms with Crippen LogP contribution in [0.3, 0.4) is 0 Å². The number of fused-ring (bicyclic) bond motifs is 1. The quantitative estimate of drug-likeness (QED) is 0.758. The van der Waals surface area contributed by atoms with Crippen molar-refractivity contribution in [2.75, 3.05) is 0 Å². The zero-order chi connectivity index (χ0) is 20.4. The molecular weight excluding hydrogens is 366 g/mol. The number of hydrogen-bond acceptors (Lipinski definition) is 4. The second-order valence-corrected chi connectivity index (χ2v) is 7.08. The van der Waals surface area contributed by atoms with Crippen LogP contribution in [0.15, 0.2) is 66.9 Å². The van der Waals surface area contributed by atoms with Gasteiger partial charge in [0.1, 0.15) is 12.1 Å². The first-order chi connectivity index (χ1) is 14.1. The van der Waals surface area contributed by atoms with Gasteiger partial charge in [0.2, 0.25) is 0 Å². The summed E-state index contributed by atoms with van der Waals surface area (Å²) in [5, 5.41) is 9.47. The maximum absolute atomic E-state index is 13.5. The van der Waals surface area contributed by atoms with Crippen molar-refractivity contribution in [2.45, 2.75) is 31.3 Å². The van der Waals surface area contributed by atoms with Crippen molar-refractivity contribution in [2.24, 2.45) is 0 Å². The van der Waals surface area contributed by atoms with Gasteiger partial charge in [0.25, 0.3) is 17.7 Å². The number of allylic oxidation sites excluding steroid dienone is 1. The molecule has 2 atom stereocenters. The Morgan fingerprint density at radius 1 is 1.03 bits per heavy atom. The molecule has 2 aliphatic heterocycles. The monoisotopic (exact) mass is 385 g/mol. The van der Waals surface area contributed by atoms with Crippen LogP contribution in [0, 0.1) is 11.3 Å². The SMILES string of the molecule is N#CC1CCC=CN1C(=O)C(Cc1ccccc1)N1C(=O)c2ccccc2C1=O. The van der Waals surface area contributed by atoms with Crippen LogP contribution < -0.4 is 0 Å². The second-order valence-electron chi connectivity index (χ2n) is 7.08. The summed E-state index contributed by atoms with van der Waals surface area (Å²) in [7, 11) is 0. The van der Waals surface area contributed by atoms with E-state index < -0.39 is 29.8 Å². The lowest BCUT2D eigenvalue weighted by Gasteiger charge is -2.33. The minimum Gasteiger partial charge on any atom is -0.301 e. The van der Waals surface area contributed by atoms with Crippen molar-refractivity contribution in [3.8, 4) is 6.07 Å². The van der Waals surface area contributed by atoms with Gasteiger partial charge in [-0.1, -0.05) is 48.5 Å². The minimum absolute atomic E-state index is 0.188. The van der Waals surface area contributed by atoms with Crippen LogP contribution in [0.25, 0.3) is 0 Å². The molecule has 0 spiro atoms. The fraction of sp³-hybridized carbons (Fsp3) is 0.217. The molecule has 6 nitrogen and oxygen atoms in total. The molecule has 2 aromatic rings. The van der Waals surface area contributed by atoms with Crippen molar-refractivity contribution in [3.05, 3.63) is 83.6 Å². The summed E-state index contributed by atoms with van der Waals surface area (Å²) < 4.78 is 0. The molecule has 0 saturated heterocycles. The van der Waals surface area contributed by atoms with Gasteiger partial charge in [-0.3, -0.25) is 19.3 Å². The molecule has 0 aliphatic carbocycles. The number of nitrogens with zero attached hydrogens (tertiary/aromatic N) is 3. The second kappa shape index (κ2) is 7.72. The van der Waals surface area contributed by atoms with E-state index in [0.717, 1.165) is 10.5 Å². The molecule has 0 N–H and O–H groups in total. The van der Waals surface area contributed by atoms with Crippen LogP contribution >= 0.6 is 0 Å². The van der Waals surface area contributed by atoms with Crippen LogP contribution in [0.2, 0.25) is 0 Å². The number of nitriles is 1. The Hall–Kier alpha value is -3.72. The molecule has 0 radical (unpaired) electrons. The number of imide groups is 1. The van der Waals surface area contributed by atoms with Crippen LogP contribution in [0.4, 0.5) is 0 Å². The highest BCUT2D eigenvalue weighted by molar-refractivity contribution is 6.22. The largest absolute Gasteiger partial charge is 0.301 e. The number of carbonyl (C=O) groups is 3. The molecule has 4 rings (SSSR count). The van der Waals surface area contributed by atoms with Crippen molar-refractivity contribution < 1.29 is 14.4 Å². The molecule has 2 aromatic carbocycles. The number of hydrogen-bond donors (Lipinski definition) is 0. The van der Waals surface area contributed by atoms with Gasteiger partial charge >= 0.3 is 0 Å². The third-order valence-electron chi connectivity index (χ3n) is 5.31. The number of benzene rings is 2. The van der Waals surface area contributed by atoms with Gasteiger partial charge in [0, 0.05) is 12.6 Å². The van der Waals surface area contributed by atoms with Crippen molar-refractivity contribution >= 4 is 17.7 Å².